The van der Waals surface area contributed by atoms with Gasteiger partial charge < -0.3 is 10.5 Å². The van der Waals surface area contributed by atoms with Crippen LogP contribution in [0.3, 0.4) is 0 Å². The maximum absolute atomic E-state index is 13.5. The van der Waals surface area contributed by atoms with Crippen LogP contribution in [0.25, 0.3) is 0 Å². The smallest absolute Gasteiger partial charge is 0.339 e. The fourth-order valence-corrected chi connectivity index (χ4v) is 2.24. The molecule has 2 aromatic rings. The number of nitrogen functional groups attached to an aromatic ring is 1. The molecule has 2 rings (SSSR count). The van der Waals surface area contributed by atoms with Gasteiger partial charge in [0.1, 0.15) is 12.4 Å². The van der Waals surface area contributed by atoms with Gasteiger partial charge in [-0.05, 0) is 40.2 Å². The fraction of sp³-hybridized carbons (Fsp3) is 0.0714. The van der Waals surface area contributed by atoms with E-state index >= 15 is 0 Å². The number of halogens is 3. The lowest BCUT2D eigenvalue weighted by molar-refractivity contribution is 0.0468. The van der Waals surface area contributed by atoms with Crippen molar-refractivity contribution in [2.45, 2.75) is 6.61 Å². The van der Waals surface area contributed by atoms with Crippen LogP contribution in [0.5, 0.6) is 0 Å². The molecule has 0 aliphatic heterocycles. The monoisotopic (exact) mass is 357 g/mol. The number of ether oxygens (including phenoxy) is 1. The van der Waals surface area contributed by atoms with Crippen LogP contribution in [0, 0.1) is 5.82 Å². The van der Waals surface area contributed by atoms with Crippen LogP contribution in [0.15, 0.2) is 40.9 Å². The van der Waals surface area contributed by atoms with Gasteiger partial charge in [0.15, 0.2) is 0 Å². The molecule has 0 aliphatic rings. The zero-order valence-electron chi connectivity index (χ0n) is 10.2. The molecule has 0 atom stereocenters. The Hall–Kier alpha value is -1.59. The number of hydrogen-bond donors (Lipinski definition) is 1. The lowest BCUT2D eigenvalue weighted by atomic mass is 10.2. The summed E-state index contributed by atoms with van der Waals surface area (Å²) in [5.74, 6) is -1.12. The van der Waals surface area contributed by atoms with E-state index in [-0.39, 0.29) is 22.8 Å². The van der Waals surface area contributed by atoms with Crippen LogP contribution in [0.4, 0.5) is 10.1 Å². The second-order valence-electron chi connectivity index (χ2n) is 3.99. The van der Waals surface area contributed by atoms with Gasteiger partial charge in [-0.15, -0.1) is 0 Å². The summed E-state index contributed by atoms with van der Waals surface area (Å²) in [4.78, 5) is 11.9. The standard InChI is InChI=1S/C14H10BrClFNO2/c15-13-8(3-1-6-12(13)18)14(19)20-7-9-10(16)4-2-5-11(9)17/h1-6H,7,18H2. The first kappa shape index (κ1) is 14.8. The molecule has 0 aliphatic carbocycles. The van der Waals surface area contributed by atoms with E-state index in [4.69, 9.17) is 22.1 Å². The lowest BCUT2D eigenvalue weighted by Crippen LogP contribution is -2.08. The average Bonchev–Trinajstić information content (AvgIpc) is 2.41. The summed E-state index contributed by atoms with van der Waals surface area (Å²) in [5, 5.41) is 0.212. The van der Waals surface area contributed by atoms with Crippen molar-refractivity contribution in [1.29, 1.82) is 0 Å². The molecule has 2 aromatic carbocycles. The van der Waals surface area contributed by atoms with Gasteiger partial charge in [0.05, 0.1) is 15.1 Å². The lowest BCUT2D eigenvalue weighted by Gasteiger charge is -2.09. The van der Waals surface area contributed by atoms with Crippen molar-refractivity contribution in [2.24, 2.45) is 0 Å². The van der Waals surface area contributed by atoms with Crippen LogP contribution in [0.2, 0.25) is 5.02 Å². The van der Waals surface area contributed by atoms with Crippen molar-refractivity contribution >= 4 is 39.2 Å². The van der Waals surface area contributed by atoms with E-state index in [9.17, 15) is 9.18 Å². The van der Waals surface area contributed by atoms with Crippen LogP contribution in [0.1, 0.15) is 15.9 Å². The molecule has 0 aromatic heterocycles. The molecule has 104 valence electrons. The molecule has 6 heteroatoms. The van der Waals surface area contributed by atoms with E-state index in [1.54, 1.807) is 18.2 Å². The minimum atomic E-state index is -0.608. The number of esters is 1. The summed E-state index contributed by atoms with van der Waals surface area (Å²) < 4.78 is 19.1. The van der Waals surface area contributed by atoms with Crippen LogP contribution < -0.4 is 5.73 Å². The molecule has 0 saturated carbocycles. The third-order valence-electron chi connectivity index (χ3n) is 2.66. The van der Waals surface area contributed by atoms with Crippen molar-refractivity contribution in [2.75, 3.05) is 5.73 Å². The third-order valence-corrected chi connectivity index (χ3v) is 3.90. The van der Waals surface area contributed by atoms with Crippen LogP contribution in [-0.2, 0) is 11.3 Å². The molecule has 0 saturated heterocycles. The average molecular weight is 359 g/mol. The predicted molar refractivity (Wildman–Crippen MR) is 79.1 cm³/mol. The quantitative estimate of drug-likeness (QED) is 0.661. The van der Waals surface area contributed by atoms with Gasteiger partial charge >= 0.3 is 5.97 Å². The molecule has 0 bridgehead atoms. The Morgan fingerprint density at radius 3 is 2.70 bits per heavy atom. The van der Waals surface area contributed by atoms with Gasteiger partial charge in [0.2, 0.25) is 0 Å². The fourth-order valence-electron chi connectivity index (χ4n) is 1.59. The van der Waals surface area contributed by atoms with Crippen molar-refractivity contribution in [3.63, 3.8) is 0 Å². The molecule has 0 heterocycles. The third kappa shape index (κ3) is 3.11. The summed E-state index contributed by atoms with van der Waals surface area (Å²) in [6.07, 6.45) is 0. The highest BCUT2D eigenvalue weighted by Gasteiger charge is 2.15. The number of rotatable bonds is 3. The number of carbonyl (C=O) groups excluding carboxylic acids is 1. The maximum atomic E-state index is 13.5. The van der Waals surface area contributed by atoms with E-state index < -0.39 is 11.8 Å². The van der Waals surface area contributed by atoms with E-state index in [1.807, 2.05) is 0 Å². The van der Waals surface area contributed by atoms with Gasteiger partial charge in [0, 0.05) is 11.3 Å². The van der Waals surface area contributed by atoms with Gasteiger partial charge in [0.25, 0.3) is 0 Å². The molecule has 0 unspecified atom stereocenters. The van der Waals surface area contributed by atoms with Gasteiger partial charge in [-0.25, -0.2) is 9.18 Å². The normalized spacial score (nSPS) is 10.3. The second-order valence-corrected chi connectivity index (χ2v) is 5.19. The number of benzene rings is 2. The van der Waals surface area contributed by atoms with Gasteiger partial charge in [-0.2, -0.15) is 0 Å². The van der Waals surface area contributed by atoms with E-state index in [0.29, 0.717) is 10.2 Å². The topological polar surface area (TPSA) is 52.3 Å². The molecular formula is C14H10BrClFNO2. The second kappa shape index (κ2) is 6.24. The predicted octanol–water partition coefficient (Wildman–Crippen LogP) is 4.18. The Morgan fingerprint density at radius 2 is 2.00 bits per heavy atom. The minimum absolute atomic E-state index is 0.141. The van der Waals surface area contributed by atoms with Gasteiger partial charge in [-0.3, -0.25) is 0 Å². The Bertz CT molecular complexity index is 643. The molecular weight excluding hydrogens is 349 g/mol. The molecule has 2 N–H and O–H groups in total. The summed E-state index contributed by atoms with van der Waals surface area (Å²) in [6, 6.07) is 9.11. The maximum Gasteiger partial charge on any atom is 0.339 e. The van der Waals surface area contributed by atoms with Crippen molar-refractivity contribution < 1.29 is 13.9 Å². The van der Waals surface area contributed by atoms with Crippen molar-refractivity contribution in [1.82, 2.24) is 0 Å². The first-order valence-corrected chi connectivity index (χ1v) is 6.82. The highest BCUT2D eigenvalue weighted by Crippen LogP contribution is 2.25. The van der Waals surface area contributed by atoms with E-state index in [2.05, 4.69) is 15.9 Å². The SMILES string of the molecule is Nc1cccc(C(=O)OCc2c(F)cccc2Cl)c1Br. The highest BCUT2D eigenvalue weighted by molar-refractivity contribution is 9.10. The van der Waals surface area contributed by atoms with Crippen molar-refractivity contribution in [3.8, 4) is 0 Å². The minimum Gasteiger partial charge on any atom is -0.457 e. The van der Waals surface area contributed by atoms with E-state index in [0.717, 1.165) is 0 Å². The Morgan fingerprint density at radius 1 is 1.30 bits per heavy atom. The van der Waals surface area contributed by atoms with Crippen molar-refractivity contribution in [3.05, 3.63) is 62.8 Å². The zero-order chi connectivity index (χ0) is 14.7. The zero-order valence-corrected chi connectivity index (χ0v) is 12.5. The number of anilines is 1. The summed E-state index contributed by atoms with van der Waals surface area (Å²) in [5.41, 5.74) is 6.51. The molecule has 0 fully saturated rings. The first-order valence-electron chi connectivity index (χ1n) is 5.64. The molecule has 20 heavy (non-hydrogen) atoms. The Labute approximate surface area is 128 Å². The van der Waals surface area contributed by atoms with Gasteiger partial charge in [-0.1, -0.05) is 23.7 Å². The Kier molecular flexibility index (Phi) is 4.62. The summed E-state index contributed by atoms with van der Waals surface area (Å²) in [7, 11) is 0. The Balaban J connectivity index is 2.15. The highest BCUT2D eigenvalue weighted by atomic mass is 79.9. The molecule has 0 amide bonds. The number of nitrogens with two attached hydrogens (primary N) is 1. The molecule has 0 spiro atoms. The molecule has 3 nitrogen and oxygen atoms in total. The molecule has 0 radical (unpaired) electrons. The first-order chi connectivity index (χ1) is 9.50. The largest absolute Gasteiger partial charge is 0.457 e. The summed E-state index contributed by atoms with van der Waals surface area (Å²) >= 11 is 9.06. The number of hydrogen-bond acceptors (Lipinski definition) is 3. The summed E-state index contributed by atoms with van der Waals surface area (Å²) in [6.45, 7) is -0.244. The van der Waals surface area contributed by atoms with Crippen LogP contribution in [-0.4, -0.2) is 5.97 Å². The number of carbonyl (C=O) groups is 1. The van der Waals surface area contributed by atoms with Crippen LogP contribution >= 0.6 is 27.5 Å². The van der Waals surface area contributed by atoms with E-state index in [1.165, 1.54) is 18.2 Å².